The van der Waals surface area contributed by atoms with Crippen LogP contribution in [-0.4, -0.2) is 16.4 Å². The number of fused-ring (bicyclic) bond motifs is 1. The minimum atomic E-state index is 0.0188. The molecule has 4 heteroatoms. The molecule has 2 nitrogen and oxygen atoms in total. The molecule has 0 radical (unpaired) electrons. The molecule has 2 rings (SSSR count). The minimum Gasteiger partial charge on any atom is -0.364 e. The highest BCUT2D eigenvalue weighted by atomic mass is 35.5. The van der Waals surface area contributed by atoms with Crippen molar-refractivity contribution in [2.24, 2.45) is 0 Å². The summed E-state index contributed by atoms with van der Waals surface area (Å²) in [6.45, 7) is 4.37. The van der Waals surface area contributed by atoms with Crippen LogP contribution in [0.4, 0.5) is 5.82 Å². The second-order valence-electron chi connectivity index (χ2n) is 4.47. The lowest BCUT2D eigenvalue weighted by atomic mass is 9.95. The first kappa shape index (κ1) is 12.7. The van der Waals surface area contributed by atoms with Crippen LogP contribution in [-0.2, 0) is 0 Å². The summed E-state index contributed by atoms with van der Waals surface area (Å²) in [5, 5.41) is 6.85. The summed E-state index contributed by atoms with van der Waals surface area (Å²) < 4.78 is 1.27. The van der Waals surface area contributed by atoms with Gasteiger partial charge in [-0.1, -0.05) is 6.92 Å². The number of thiophene rings is 1. The van der Waals surface area contributed by atoms with Crippen LogP contribution >= 0.6 is 22.9 Å². The molecule has 1 N–H and O–H groups in total. The van der Waals surface area contributed by atoms with Gasteiger partial charge in [-0.2, -0.15) is 0 Å². The third-order valence-corrected chi connectivity index (χ3v) is 4.30. The van der Waals surface area contributed by atoms with Crippen LogP contribution in [0, 0.1) is 0 Å². The molecular formula is C13H17ClN2S. The Bertz CT molecular complexity index is 497. The summed E-state index contributed by atoms with van der Waals surface area (Å²) in [7, 11) is 0. The lowest BCUT2D eigenvalue weighted by Gasteiger charge is -2.29. The Morgan fingerprint density at radius 1 is 1.47 bits per heavy atom. The van der Waals surface area contributed by atoms with E-state index in [4.69, 9.17) is 11.6 Å². The van der Waals surface area contributed by atoms with E-state index in [0.717, 1.165) is 18.7 Å². The quantitative estimate of drug-likeness (QED) is 0.808. The van der Waals surface area contributed by atoms with Crippen LogP contribution in [0.1, 0.15) is 26.7 Å². The average Bonchev–Trinajstić information content (AvgIpc) is 2.78. The van der Waals surface area contributed by atoms with Crippen molar-refractivity contribution in [2.75, 3.05) is 11.2 Å². The largest absolute Gasteiger partial charge is 0.364 e. The van der Waals surface area contributed by atoms with Crippen molar-refractivity contribution in [3.8, 4) is 0 Å². The SMILES string of the molecule is CCC(C)(CCCl)Nc1nccc2sccc12. The zero-order valence-electron chi connectivity index (χ0n) is 10.2. The van der Waals surface area contributed by atoms with Crippen LogP contribution in [0.15, 0.2) is 23.7 Å². The Labute approximate surface area is 111 Å². The van der Waals surface area contributed by atoms with Gasteiger partial charge in [0.2, 0.25) is 0 Å². The van der Waals surface area contributed by atoms with Crippen molar-refractivity contribution in [2.45, 2.75) is 32.2 Å². The molecule has 0 fully saturated rings. The van der Waals surface area contributed by atoms with E-state index in [-0.39, 0.29) is 5.54 Å². The molecule has 92 valence electrons. The predicted molar refractivity (Wildman–Crippen MR) is 77.3 cm³/mol. The van der Waals surface area contributed by atoms with Gasteiger partial charge in [0, 0.05) is 27.7 Å². The van der Waals surface area contributed by atoms with Gasteiger partial charge in [-0.3, -0.25) is 0 Å². The molecule has 0 aliphatic carbocycles. The van der Waals surface area contributed by atoms with Gasteiger partial charge < -0.3 is 5.32 Å². The second-order valence-corrected chi connectivity index (χ2v) is 5.80. The normalized spacial score (nSPS) is 14.8. The molecule has 0 aliphatic rings. The van der Waals surface area contributed by atoms with Gasteiger partial charge in [0.15, 0.2) is 0 Å². The molecule has 2 aromatic heterocycles. The first-order valence-electron chi connectivity index (χ1n) is 5.85. The second kappa shape index (κ2) is 5.23. The molecule has 1 unspecified atom stereocenters. The standard InChI is InChI=1S/C13H17ClN2S/c1-3-13(2,6-7-14)16-12-10-5-9-17-11(10)4-8-15-12/h4-5,8-9H,3,6-7H2,1-2H3,(H,15,16). The maximum Gasteiger partial charge on any atom is 0.135 e. The molecule has 0 spiro atoms. The third-order valence-electron chi connectivity index (χ3n) is 3.23. The lowest BCUT2D eigenvalue weighted by molar-refractivity contribution is 0.480. The number of halogens is 1. The topological polar surface area (TPSA) is 24.9 Å². The summed E-state index contributed by atoms with van der Waals surface area (Å²) in [6, 6.07) is 4.17. The number of rotatable bonds is 5. The van der Waals surface area contributed by atoms with Crippen LogP contribution in [0.3, 0.4) is 0 Å². The highest BCUT2D eigenvalue weighted by Crippen LogP contribution is 2.29. The van der Waals surface area contributed by atoms with Crippen LogP contribution in [0.2, 0.25) is 0 Å². The van der Waals surface area contributed by atoms with Crippen molar-refractivity contribution in [3.05, 3.63) is 23.7 Å². The van der Waals surface area contributed by atoms with E-state index in [2.05, 4.69) is 41.7 Å². The molecule has 17 heavy (non-hydrogen) atoms. The average molecular weight is 269 g/mol. The van der Waals surface area contributed by atoms with Crippen molar-refractivity contribution >= 4 is 38.8 Å². The van der Waals surface area contributed by atoms with Crippen molar-refractivity contribution in [1.29, 1.82) is 0 Å². The fourth-order valence-electron chi connectivity index (χ4n) is 1.82. The predicted octanol–water partition coefficient (Wildman–Crippen LogP) is 4.51. The number of hydrogen-bond acceptors (Lipinski definition) is 3. The Hall–Kier alpha value is -0.800. The number of nitrogens with zero attached hydrogens (tertiary/aromatic N) is 1. The zero-order chi connectivity index (χ0) is 12.3. The summed E-state index contributed by atoms with van der Waals surface area (Å²) in [5.41, 5.74) is 0.0188. The molecule has 0 amide bonds. The highest BCUT2D eigenvalue weighted by Gasteiger charge is 2.22. The maximum absolute atomic E-state index is 5.87. The van der Waals surface area contributed by atoms with E-state index in [0.29, 0.717) is 5.88 Å². The number of aromatic nitrogens is 1. The van der Waals surface area contributed by atoms with Crippen LogP contribution in [0.25, 0.3) is 10.1 Å². The van der Waals surface area contributed by atoms with Crippen LogP contribution in [0.5, 0.6) is 0 Å². The smallest absolute Gasteiger partial charge is 0.135 e. The summed E-state index contributed by atoms with van der Waals surface area (Å²) in [5.74, 6) is 1.63. The first-order chi connectivity index (χ1) is 8.18. The zero-order valence-corrected chi connectivity index (χ0v) is 11.7. The van der Waals surface area contributed by atoms with Crippen molar-refractivity contribution < 1.29 is 0 Å². The Morgan fingerprint density at radius 2 is 2.29 bits per heavy atom. The Morgan fingerprint density at radius 3 is 3.00 bits per heavy atom. The number of alkyl halides is 1. The van der Waals surface area contributed by atoms with Gasteiger partial charge in [-0.05, 0) is 37.3 Å². The first-order valence-corrected chi connectivity index (χ1v) is 7.26. The molecule has 2 aromatic rings. The fraction of sp³-hybridized carbons (Fsp3) is 0.462. The molecule has 2 heterocycles. The van der Waals surface area contributed by atoms with Gasteiger partial charge in [-0.15, -0.1) is 22.9 Å². The molecule has 0 saturated heterocycles. The van der Waals surface area contributed by atoms with Gasteiger partial charge >= 0.3 is 0 Å². The molecule has 0 aliphatic heterocycles. The summed E-state index contributed by atoms with van der Waals surface area (Å²) in [6.07, 6.45) is 3.83. The van der Waals surface area contributed by atoms with E-state index < -0.39 is 0 Å². The van der Waals surface area contributed by atoms with E-state index in [1.807, 2.05) is 6.20 Å². The molecule has 0 aromatic carbocycles. The van der Waals surface area contributed by atoms with Crippen molar-refractivity contribution in [3.63, 3.8) is 0 Å². The minimum absolute atomic E-state index is 0.0188. The summed E-state index contributed by atoms with van der Waals surface area (Å²) >= 11 is 7.61. The monoisotopic (exact) mass is 268 g/mol. The van der Waals surface area contributed by atoms with Crippen molar-refractivity contribution in [1.82, 2.24) is 4.98 Å². The summed E-state index contributed by atoms with van der Waals surface area (Å²) in [4.78, 5) is 4.45. The van der Waals surface area contributed by atoms with E-state index in [9.17, 15) is 0 Å². The maximum atomic E-state index is 5.87. The van der Waals surface area contributed by atoms with Crippen LogP contribution < -0.4 is 5.32 Å². The van der Waals surface area contributed by atoms with E-state index in [1.54, 1.807) is 11.3 Å². The molecular weight excluding hydrogens is 252 g/mol. The lowest BCUT2D eigenvalue weighted by Crippen LogP contribution is -2.34. The van der Waals surface area contributed by atoms with Gasteiger partial charge in [0.25, 0.3) is 0 Å². The van der Waals surface area contributed by atoms with E-state index in [1.165, 1.54) is 10.1 Å². The van der Waals surface area contributed by atoms with Gasteiger partial charge in [-0.25, -0.2) is 4.98 Å². The van der Waals surface area contributed by atoms with E-state index >= 15 is 0 Å². The molecule has 0 saturated carbocycles. The van der Waals surface area contributed by atoms with Gasteiger partial charge in [0.05, 0.1) is 0 Å². The molecule has 0 bridgehead atoms. The Balaban J connectivity index is 2.31. The third kappa shape index (κ3) is 2.72. The number of anilines is 1. The Kier molecular flexibility index (Phi) is 3.89. The van der Waals surface area contributed by atoms with Gasteiger partial charge in [0.1, 0.15) is 5.82 Å². The number of hydrogen-bond donors (Lipinski definition) is 1. The number of nitrogens with one attached hydrogen (secondary N) is 1. The number of pyridine rings is 1. The highest BCUT2D eigenvalue weighted by molar-refractivity contribution is 7.17. The molecule has 1 atom stereocenters. The fourth-order valence-corrected chi connectivity index (χ4v) is 3.02.